The van der Waals surface area contributed by atoms with Crippen LogP contribution in [0.4, 0.5) is 4.39 Å². The zero-order valence-electron chi connectivity index (χ0n) is 9.30. The molecule has 0 bridgehead atoms. The third-order valence-electron chi connectivity index (χ3n) is 2.84. The predicted octanol–water partition coefficient (Wildman–Crippen LogP) is 1.96. The molecule has 0 aliphatic carbocycles. The Balaban J connectivity index is 1.85. The van der Waals surface area contributed by atoms with Gasteiger partial charge in [-0.05, 0) is 40.0 Å². The van der Waals surface area contributed by atoms with E-state index in [9.17, 15) is 9.18 Å². The SMILES string of the molecule is O=C1CCC(NCc2ccc(Br)c(F)c2)CN1. The summed E-state index contributed by atoms with van der Waals surface area (Å²) in [5.41, 5.74) is 0.905. The van der Waals surface area contributed by atoms with E-state index in [1.807, 2.05) is 6.07 Å². The molecule has 3 nitrogen and oxygen atoms in total. The molecule has 0 radical (unpaired) electrons. The molecule has 0 spiro atoms. The summed E-state index contributed by atoms with van der Waals surface area (Å²) in [6, 6.07) is 5.37. The highest BCUT2D eigenvalue weighted by Crippen LogP contribution is 2.16. The fourth-order valence-corrected chi connectivity index (χ4v) is 2.07. The van der Waals surface area contributed by atoms with Crippen molar-refractivity contribution in [2.45, 2.75) is 25.4 Å². The van der Waals surface area contributed by atoms with Gasteiger partial charge in [-0.3, -0.25) is 4.79 Å². The van der Waals surface area contributed by atoms with Crippen molar-refractivity contribution in [3.63, 3.8) is 0 Å². The Morgan fingerprint density at radius 3 is 3.00 bits per heavy atom. The Kier molecular flexibility index (Phi) is 4.12. The van der Waals surface area contributed by atoms with Gasteiger partial charge >= 0.3 is 0 Å². The van der Waals surface area contributed by atoms with Crippen LogP contribution in [-0.4, -0.2) is 18.5 Å². The molecule has 0 saturated carbocycles. The second-order valence-electron chi connectivity index (χ2n) is 4.17. The molecule has 2 rings (SSSR count). The number of hydrogen-bond acceptors (Lipinski definition) is 2. The zero-order valence-corrected chi connectivity index (χ0v) is 10.9. The maximum atomic E-state index is 13.3. The van der Waals surface area contributed by atoms with Crippen LogP contribution in [0.2, 0.25) is 0 Å². The average Bonchev–Trinajstić information content (AvgIpc) is 2.33. The normalized spacial score (nSPS) is 20.1. The third kappa shape index (κ3) is 3.51. The van der Waals surface area contributed by atoms with Gasteiger partial charge in [0.25, 0.3) is 0 Å². The number of benzene rings is 1. The van der Waals surface area contributed by atoms with Gasteiger partial charge in [-0.2, -0.15) is 0 Å². The highest BCUT2D eigenvalue weighted by molar-refractivity contribution is 9.10. The number of carbonyl (C=O) groups is 1. The molecular weight excluding hydrogens is 287 g/mol. The van der Waals surface area contributed by atoms with Crippen molar-refractivity contribution in [1.29, 1.82) is 0 Å². The van der Waals surface area contributed by atoms with E-state index in [4.69, 9.17) is 0 Å². The third-order valence-corrected chi connectivity index (χ3v) is 3.49. The first-order chi connectivity index (χ1) is 8.15. The lowest BCUT2D eigenvalue weighted by atomic mass is 10.1. The molecule has 2 N–H and O–H groups in total. The fourth-order valence-electron chi connectivity index (χ4n) is 1.82. The highest BCUT2D eigenvalue weighted by atomic mass is 79.9. The van der Waals surface area contributed by atoms with Crippen LogP contribution >= 0.6 is 15.9 Å². The Bertz CT molecular complexity index is 415. The van der Waals surface area contributed by atoms with Crippen molar-refractivity contribution in [2.24, 2.45) is 0 Å². The number of piperidine rings is 1. The van der Waals surface area contributed by atoms with Crippen molar-refractivity contribution in [3.05, 3.63) is 34.1 Å². The Morgan fingerprint density at radius 1 is 1.53 bits per heavy atom. The molecule has 1 aromatic rings. The van der Waals surface area contributed by atoms with Crippen LogP contribution in [0.5, 0.6) is 0 Å². The van der Waals surface area contributed by atoms with E-state index in [0.717, 1.165) is 12.0 Å². The lowest BCUT2D eigenvalue weighted by Crippen LogP contribution is -2.45. The quantitative estimate of drug-likeness (QED) is 0.896. The lowest BCUT2D eigenvalue weighted by molar-refractivity contribution is -0.122. The molecule has 5 heteroatoms. The van der Waals surface area contributed by atoms with Gasteiger partial charge < -0.3 is 10.6 Å². The van der Waals surface area contributed by atoms with E-state index in [1.54, 1.807) is 6.07 Å². The molecule has 1 unspecified atom stereocenters. The van der Waals surface area contributed by atoms with E-state index in [1.165, 1.54) is 6.07 Å². The predicted molar refractivity (Wildman–Crippen MR) is 67.0 cm³/mol. The number of amides is 1. The van der Waals surface area contributed by atoms with Crippen molar-refractivity contribution in [3.8, 4) is 0 Å². The molecule has 1 atom stereocenters. The molecule has 1 fully saturated rings. The van der Waals surface area contributed by atoms with Crippen LogP contribution in [0.25, 0.3) is 0 Å². The summed E-state index contributed by atoms with van der Waals surface area (Å²) in [4.78, 5) is 11.0. The summed E-state index contributed by atoms with van der Waals surface area (Å²) >= 11 is 3.12. The minimum absolute atomic E-state index is 0.109. The summed E-state index contributed by atoms with van der Waals surface area (Å²) < 4.78 is 13.7. The van der Waals surface area contributed by atoms with E-state index < -0.39 is 0 Å². The summed E-state index contributed by atoms with van der Waals surface area (Å²) in [6.45, 7) is 1.27. The average molecular weight is 301 g/mol. The zero-order chi connectivity index (χ0) is 12.3. The van der Waals surface area contributed by atoms with Crippen molar-refractivity contribution >= 4 is 21.8 Å². The Labute approximate surface area is 108 Å². The molecular formula is C12H14BrFN2O. The van der Waals surface area contributed by atoms with Crippen LogP contribution in [-0.2, 0) is 11.3 Å². The standard InChI is InChI=1S/C12H14BrFN2O/c13-10-3-1-8(5-11(10)14)6-15-9-2-4-12(17)16-7-9/h1,3,5,9,15H,2,4,6-7H2,(H,16,17). The number of halogens is 2. The number of carbonyl (C=O) groups excluding carboxylic acids is 1. The molecule has 0 aromatic heterocycles. The van der Waals surface area contributed by atoms with Gasteiger partial charge in [0.1, 0.15) is 5.82 Å². The van der Waals surface area contributed by atoms with Gasteiger partial charge in [0.05, 0.1) is 4.47 Å². The number of rotatable bonds is 3. The summed E-state index contributed by atoms with van der Waals surface area (Å²) in [7, 11) is 0. The minimum atomic E-state index is -0.249. The van der Waals surface area contributed by atoms with Crippen LogP contribution in [0.3, 0.4) is 0 Å². The maximum absolute atomic E-state index is 13.3. The van der Waals surface area contributed by atoms with Crippen molar-refractivity contribution in [1.82, 2.24) is 10.6 Å². The number of nitrogens with one attached hydrogen (secondary N) is 2. The highest BCUT2D eigenvalue weighted by Gasteiger charge is 2.17. The van der Waals surface area contributed by atoms with Crippen LogP contribution < -0.4 is 10.6 Å². The largest absolute Gasteiger partial charge is 0.355 e. The second-order valence-corrected chi connectivity index (χ2v) is 5.02. The monoisotopic (exact) mass is 300 g/mol. The molecule has 1 amide bonds. The molecule has 1 aliphatic rings. The van der Waals surface area contributed by atoms with Crippen LogP contribution in [0, 0.1) is 5.82 Å². The Morgan fingerprint density at radius 2 is 2.35 bits per heavy atom. The lowest BCUT2D eigenvalue weighted by Gasteiger charge is -2.23. The molecule has 17 heavy (non-hydrogen) atoms. The summed E-state index contributed by atoms with van der Waals surface area (Å²) in [6.07, 6.45) is 1.40. The molecule has 92 valence electrons. The number of hydrogen-bond donors (Lipinski definition) is 2. The van der Waals surface area contributed by atoms with E-state index in [2.05, 4.69) is 26.6 Å². The van der Waals surface area contributed by atoms with E-state index in [0.29, 0.717) is 24.0 Å². The van der Waals surface area contributed by atoms with Crippen LogP contribution in [0.15, 0.2) is 22.7 Å². The van der Waals surface area contributed by atoms with Gasteiger partial charge in [-0.25, -0.2) is 4.39 Å². The first-order valence-corrected chi connectivity index (χ1v) is 6.38. The smallest absolute Gasteiger partial charge is 0.220 e. The molecule has 1 heterocycles. The molecule has 1 aromatic carbocycles. The molecule has 1 saturated heterocycles. The van der Waals surface area contributed by atoms with Crippen LogP contribution in [0.1, 0.15) is 18.4 Å². The molecule has 1 aliphatic heterocycles. The first kappa shape index (κ1) is 12.5. The fraction of sp³-hybridized carbons (Fsp3) is 0.417. The minimum Gasteiger partial charge on any atom is -0.355 e. The Hall–Kier alpha value is -0.940. The van der Waals surface area contributed by atoms with Gasteiger partial charge in [-0.1, -0.05) is 6.07 Å². The van der Waals surface area contributed by atoms with Gasteiger partial charge in [0.2, 0.25) is 5.91 Å². The van der Waals surface area contributed by atoms with Crippen molar-refractivity contribution < 1.29 is 9.18 Å². The van der Waals surface area contributed by atoms with Crippen molar-refractivity contribution in [2.75, 3.05) is 6.54 Å². The second kappa shape index (κ2) is 5.60. The van der Waals surface area contributed by atoms with E-state index >= 15 is 0 Å². The van der Waals surface area contributed by atoms with E-state index in [-0.39, 0.29) is 17.8 Å². The first-order valence-electron chi connectivity index (χ1n) is 5.59. The summed E-state index contributed by atoms with van der Waals surface area (Å²) in [5.74, 6) is -0.140. The summed E-state index contributed by atoms with van der Waals surface area (Å²) in [5, 5.41) is 6.11. The topological polar surface area (TPSA) is 41.1 Å². The maximum Gasteiger partial charge on any atom is 0.220 e. The van der Waals surface area contributed by atoms with Gasteiger partial charge in [-0.15, -0.1) is 0 Å². The van der Waals surface area contributed by atoms with Gasteiger partial charge in [0, 0.05) is 25.6 Å². The van der Waals surface area contributed by atoms with Gasteiger partial charge in [0.15, 0.2) is 0 Å².